The number of carbonyl (C=O) groups excluding carboxylic acids is 3. The second kappa shape index (κ2) is 11.0. The Labute approximate surface area is 190 Å². The first-order chi connectivity index (χ1) is 15.0. The number of carbonyl (C=O) groups is 3. The highest BCUT2D eigenvalue weighted by Crippen LogP contribution is 2.66. The first kappa shape index (κ1) is 24.4. The lowest BCUT2D eigenvalue weighted by molar-refractivity contribution is -0.140. The monoisotopic (exact) mass is 453 g/mol. The molecule has 3 fully saturated rings. The molecular formula is C23H39N3O4S. The van der Waals surface area contributed by atoms with Gasteiger partial charge < -0.3 is 20.6 Å². The number of amides is 3. The van der Waals surface area contributed by atoms with E-state index in [4.69, 9.17) is 5.11 Å². The molecule has 3 heterocycles. The van der Waals surface area contributed by atoms with Crippen molar-refractivity contribution >= 4 is 29.5 Å². The van der Waals surface area contributed by atoms with Crippen LogP contribution in [0.1, 0.15) is 71.6 Å². The van der Waals surface area contributed by atoms with E-state index in [-0.39, 0.29) is 35.5 Å². The molecule has 1 spiro atoms. The predicted octanol–water partition coefficient (Wildman–Crippen LogP) is 2.07. The summed E-state index contributed by atoms with van der Waals surface area (Å²) < 4.78 is -0.475. The van der Waals surface area contributed by atoms with E-state index >= 15 is 0 Å². The Kier molecular flexibility index (Phi) is 8.67. The van der Waals surface area contributed by atoms with E-state index in [1.54, 1.807) is 16.7 Å². The van der Waals surface area contributed by atoms with Gasteiger partial charge in [0.05, 0.1) is 16.6 Å². The Morgan fingerprint density at radius 2 is 1.81 bits per heavy atom. The van der Waals surface area contributed by atoms with Crippen LogP contribution in [0.25, 0.3) is 0 Å². The Balaban J connectivity index is 1.80. The number of nitrogens with zero attached hydrogens (tertiary/aromatic N) is 1. The van der Waals surface area contributed by atoms with Gasteiger partial charge in [-0.25, -0.2) is 0 Å². The van der Waals surface area contributed by atoms with E-state index in [0.717, 1.165) is 57.8 Å². The molecule has 3 rings (SSSR count). The number of likely N-dealkylation sites (tertiary alicyclic amines) is 1. The first-order valence-electron chi connectivity index (χ1n) is 12.2. The number of thioether (sulfide) groups is 1. The van der Waals surface area contributed by atoms with Crippen LogP contribution in [0.2, 0.25) is 0 Å². The zero-order chi connectivity index (χ0) is 22.4. The van der Waals surface area contributed by atoms with Crippen LogP contribution < -0.4 is 10.6 Å². The van der Waals surface area contributed by atoms with E-state index in [2.05, 4.69) is 17.6 Å². The fraction of sp³-hybridized carbons (Fsp3) is 0.870. The summed E-state index contributed by atoms with van der Waals surface area (Å²) in [7, 11) is 0. The van der Waals surface area contributed by atoms with Crippen LogP contribution >= 0.6 is 11.8 Å². The molecule has 0 aromatic rings. The molecule has 3 aliphatic heterocycles. The summed E-state index contributed by atoms with van der Waals surface area (Å²) in [4.78, 5) is 41.7. The average molecular weight is 454 g/mol. The van der Waals surface area contributed by atoms with Crippen LogP contribution in [-0.2, 0) is 14.4 Å². The van der Waals surface area contributed by atoms with Gasteiger partial charge in [0.15, 0.2) is 0 Å². The smallest absolute Gasteiger partial charge is 0.244 e. The molecule has 31 heavy (non-hydrogen) atoms. The van der Waals surface area contributed by atoms with Crippen molar-refractivity contribution in [3.63, 3.8) is 0 Å². The highest BCUT2D eigenvalue weighted by Gasteiger charge is 2.73. The normalized spacial score (nSPS) is 31.2. The summed E-state index contributed by atoms with van der Waals surface area (Å²) in [5.41, 5.74) is 0. The zero-order valence-corrected chi connectivity index (χ0v) is 19.8. The molecule has 7 nitrogen and oxygen atoms in total. The predicted molar refractivity (Wildman–Crippen MR) is 123 cm³/mol. The Hall–Kier alpha value is -1.28. The van der Waals surface area contributed by atoms with Crippen molar-refractivity contribution in [2.45, 2.75) is 87.7 Å². The second-order valence-corrected chi connectivity index (χ2v) is 10.8. The Bertz CT molecular complexity index is 661. The van der Waals surface area contributed by atoms with Crippen molar-refractivity contribution in [2.75, 3.05) is 26.2 Å². The molecule has 0 aromatic heterocycles. The van der Waals surface area contributed by atoms with Crippen LogP contribution in [0, 0.1) is 11.8 Å². The van der Waals surface area contributed by atoms with Crippen molar-refractivity contribution in [1.82, 2.24) is 15.5 Å². The molecule has 3 N–H and O–H groups in total. The van der Waals surface area contributed by atoms with Gasteiger partial charge >= 0.3 is 0 Å². The molecule has 3 amide bonds. The standard InChI is InChI=1S/C23H39N3O4S/c1-3-5-13-25-21(29)19-23-11-10-16(31-23)17(20(28)24-12-4-2)18(23)22(30)26(19)14-8-6-7-9-15-27/h16-19,27H,3-15H2,1-2H3,(H,24,28)(H,25,29)/t16-,17+,18-,19?,23?/m0/s1. The van der Waals surface area contributed by atoms with Crippen molar-refractivity contribution < 1.29 is 19.5 Å². The molecular weight excluding hydrogens is 414 g/mol. The second-order valence-electron chi connectivity index (χ2n) is 9.16. The molecule has 5 atom stereocenters. The van der Waals surface area contributed by atoms with E-state index in [9.17, 15) is 14.4 Å². The number of aliphatic hydroxyl groups excluding tert-OH is 1. The number of unbranched alkanes of at least 4 members (excludes halogenated alkanes) is 4. The van der Waals surface area contributed by atoms with Gasteiger partial charge in [-0.1, -0.05) is 33.1 Å². The molecule has 2 unspecified atom stereocenters. The van der Waals surface area contributed by atoms with Crippen molar-refractivity contribution in [2.24, 2.45) is 11.8 Å². The molecule has 0 radical (unpaired) electrons. The fourth-order valence-corrected chi connectivity index (χ4v) is 7.81. The van der Waals surface area contributed by atoms with Crippen LogP contribution in [-0.4, -0.2) is 70.0 Å². The third kappa shape index (κ3) is 4.75. The lowest BCUT2D eigenvalue weighted by atomic mass is 9.70. The van der Waals surface area contributed by atoms with E-state index < -0.39 is 16.7 Å². The number of nitrogens with one attached hydrogen (secondary N) is 2. The zero-order valence-electron chi connectivity index (χ0n) is 19.0. The van der Waals surface area contributed by atoms with Crippen LogP contribution in [0.4, 0.5) is 0 Å². The Morgan fingerprint density at radius 1 is 1.06 bits per heavy atom. The molecule has 2 bridgehead atoms. The number of aliphatic hydroxyl groups is 1. The van der Waals surface area contributed by atoms with Crippen molar-refractivity contribution in [3.8, 4) is 0 Å². The van der Waals surface area contributed by atoms with Gasteiger partial charge in [0.25, 0.3) is 0 Å². The molecule has 3 saturated heterocycles. The minimum absolute atomic E-state index is 0.0100. The topological polar surface area (TPSA) is 98.7 Å². The average Bonchev–Trinajstić information content (AvgIpc) is 3.39. The van der Waals surface area contributed by atoms with E-state index in [1.807, 2.05) is 6.92 Å². The highest BCUT2D eigenvalue weighted by molar-refractivity contribution is 8.02. The molecule has 8 heteroatoms. The molecule has 0 saturated carbocycles. The summed E-state index contributed by atoms with van der Waals surface area (Å²) in [6.45, 7) is 6.08. The van der Waals surface area contributed by atoms with Crippen molar-refractivity contribution in [3.05, 3.63) is 0 Å². The van der Waals surface area contributed by atoms with Gasteiger partial charge in [-0.05, 0) is 38.5 Å². The maximum Gasteiger partial charge on any atom is 0.244 e. The van der Waals surface area contributed by atoms with E-state index in [1.165, 1.54) is 0 Å². The van der Waals surface area contributed by atoms with Crippen LogP contribution in [0.5, 0.6) is 0 Å². The summed E-state index contributed by atoms with van der Waals surface area (Å²) in [6.07, 6.45) is 7.91. The maximum absolute atomic E-state index is 13.6. The SMILES string of the molecule is CCCCNC(=O)C1N(CCCCCCO)C(=O)[C@@H]2[C@H](C(=O)NCCC)[C@@H]3CCC12S3. The van der Waals surface area contributed by atoms with Gasteiger partial charge in [0.2, 0.25) is 17.7 Å². The van der Waals surface area contributed by atoms with Crippen LogP contribution in [0.3, 0.4) is 0 Å². The summed E-state index contributed by atoms with van der Waals surface area (Å²) in [5.74, 6) is -0.809. The third-order valence-corrected chi connectivity index (χ3v) is 8.99. The van der Waals surface area contributed by atoms with Gasteiger partial charge in [-0.3, -0.25) is 14.4 Å². The van der Waals surface area contributed by atoms with Gasteiger partial charge in [0, 0.05) is 31.5 Å². The number of fused-ring (bicyclic) bond motifs is 1. The molecule has 0 aromatic carbocycles. The number of rotatable bonds is 13. The number of hydrogen-bond acceptors (Lipinski definition) is 5. The molecule has 3 aliphatic rings. The van der Waals surface area contributed by atoms with Gasteiger partial charge in [0.1, 0.15) is 6.04 Å². The molecule has 176 valence electrons. The van der Waals surface area contributed by atoms with E-state index in [0.29, 0.717) is 19.6 Å². The summed E-state index contributed by atoms with van der Waals surface area (Å²) in [6, 6.07) is -0.487. The first-order valence-corrected chi connectivity index (χ1v) is 13.0. The van der Waals surface area contributed by atoms with Gasteiger partial charge in [-0.15, -0.1) is 11.8 Å². The minimum atomic E-state index is -0.487. The molecule has 0 aliphatic carbocycles. The Morgan fingerprint density at radius 3 is 2.52 bits per heavy atom. The highest BCUT2D eigenvalue weighted by atomic mass is 32.2. The lowest BCUT2D eigenvalue weighted by Gasteiger charge is -2.34. The van der Waals surface area contributed by atoms with Crippen LogP contribution in [0.15, 0.2) is 0 Å². The summed E-state index contributed by atoms with van der Waals surface area (Å²) >= 11 is 1.73. The quantitative estimate of drug-likeness (QED) is 0.371. The third-order valence-electron chi connectivity index (χ3n) is 7.04. The largest absolute Gasteiger partial charge is 0.396 e. The van der Waals surface area contributed by atoms with Gasteiger partial charge in [-0.2, -0.15) is 0 Å². The summed E-state index contributed by atoms with van der Waals surface area (Å²) in [5, 5.41) is 15.2. The number of hydrogen-bond donors (Lipinski definition) is 3. The lowest BCUT2D eigenvalue weighted by Crippen LogP contribution is -2.54. The maximum atomic E-state index is 13.6. The fourth-order valence-electron chi connectivity index (χ4n) is 5.59. The minimum Gasteiger partial charge on any atom is -0.396 e. The van der Waals surface area contributed by atoms with Crippen molar-refractivity contribution in [1.29, 1.82) is 0 Å².